The highest BCUT2D eigenvalue weighted by Crippen LogP contribution is 2.32. The molecule has 1 saturated heterocycles. The maximum Gasteiger partial charge on any atom is 0.410 e. The summed E-state index contributed by atoms with van der Waals surface area (Å²) in [6.07, 6.45) is 6.86. The molecule has 0 N–H and O–H groups in total. The molecule has 1 amide bonds. The third-order valence-corrected chi connectivity index (χ3v) is 6.85. The fourth-order valence-corrected chi connectivity index (χ4v) is 4.95. The van der Waals surface area contributed by atoms with Gasteiger partial charge in [-0.25, -0.2) is 18.7 Å². The third-order valence-electron chi connectivity index (χ3n) is 6.85. The van der Waals surface area contributed by atoms with E-state index in [9.17, 15) is 4.79 Å². The lowest BCUT2D eigenvalue weighted by molar-refractivity contribution is 0.0240. The second-order valence-electron chi connectivity index (χ2n) is 10.7. The Morgan fingerprint density at radius 2 is 1.74 bits per heavy atom. The molecule has 0 atom stereocenters. The van der Waals surface area contributed by atoms with Gasteiger partial charge in [0, 0.05) is 61.3 Å². The van der Waals surface area contributed by atoms with Gasteiger partial charge in [-0.3, -0.25) is 4.98 Å². The van der Waals surface area contributed by atoms with Crippen molar-refractivity contribution < 1.29 is 13.9 Å². The first-order valence-electron chi connectivity index (χ1n) is 13.0. The smallest absolute Gasteiger partial charge is 0.410 e. The van der Waals surface area contributed by atoms with Crippen molar-refractivity contribution in [2.45, 2.75) is 26.4 Å². The Morgan fingerprint density at radius 3 is 2.51 bits per heavy atom. The van der Waals surface area contributed by atoms with Crippen molar-refractivity contribution in [2.75, 3.05) is 31.1 Å². The fourth-order valence-electron chi connectivity index (χ4n) is 4.95. The molecule has 0 aliphatic carbocycles. The van der Waals surface area contributed by atoms with Gasteiger partial charge in [-0.2, -0.15) is 5.10 Å². The SMILES string of the molecule is CC(C)(C)OC(=O)N1CCN(c2ccc(-c3cnc4c(-c5cccc6ncccc56)cnn4c3)cc2F)CC1. The zero-order valence-electron chi connectivity index (χ0n) is 22.1. The van der Waals surface area contributed by atoms with Crippen LogP contribution in [0.1, 0.15) is 20.8 Å². The lowest BCUT2D eigenvalue weighted by atomic mass is 10.0. The van der Waals surface area contributed by atoms with Crippen LogP contribution in [-0.2, 0) is 4.74 Å². The van der Waals surface area contributed by atoms with Gasteiger partial charge in [0.25, 0.3) is 0 Å². The Balaban J connectivity index is 1.21. The van der Waals surface area contributed by atoms with Crippen LogP contribution >= 0.6 is 0 Å². The maximum atomic E-state index is 15.3. The molecule has 9 heteroatoms. The fraction of sp³-hybridized carbons (Fsp3) is 0.267. The minimum atomic E-state index is -0.542. The van der Waals surface area contributed by atoms with Crippen molar-refractivity contribution >= 4 is 28.3 Å². The number of carbonyl (C=O) groups is 1. The van der Waals surface area contributed by atoms with Crippen LogP contribution in [0.3, 0.4) is 0 Å². The molecule has 1 fully saturated rings. The number of carbonyl (C=O) groups excluding carboxylic acids is 1. The molecular formula is C30H29FN6O2. The number of halogens is 1. The highest BCUT2D eigenvalue weighted by molar-refractivity contribution is 5.97. The number of piperazine rings is 1. The Hall–Kier alpha value is -4.53. The van der Waals surface area contributed by atoms with Gasteiger partial charge < -0.3 is 14.5 Å². The van der Waals surface area contributed by atoms with Gasteiger partial charge in [0.2, 0.25) is 0 Å². The lowest BCUT2D eigenvalue weighted by Crippen LogP contribution is -2.50. The van der Waals surface area contributed by atoms with Crippen LogP contribution in [-0.4, -0.2) is 62.4 Å². The van der Waals surface area contributed by atoms with Crippen molar-refractivity contribution in [2.24, 2.45) is 0 Å². The van der Waals surface area contributed by atoms with E-state index >= 15 is 4.39 Å². The number of ether oxygens (including phenoxy) is 1. The van der Waals surface area contributed by atoms with Crippen LogP contribution in [0.5, 0.6) is 0 Å². The largest absolute Gasteiger partial charge is 0.444 e. The Labute approximate surface area is 225 Å². The highest BCUT2D eigenvalue weighted by Gasteiger charge is 2.27. The number of nitrogens with zero attached hydrogens (tertiary/aromatic N) is 6. The summed E-state index contributed by atoms with van der Waals surface area (Å²) < 4.78 is 22.5. The van der Waals surface area contributed by atoms with Crippen molar-refractivity contribution in [1.29, 1.82) is 0 Å². The molecule has 8 nitrogen and oxygen atoms in total. The van der Waals surface area contributed by atoms with Crippen LogP contribution in [0.15, 0.2) is 73.3 Å². The van der Waals surface area contributed by atoms with Gasteiger partial charge >= 0.3 is 6.09 Å². The quantitative estimate of drug-likeness (QED) is 0.297. The molecule has 3 aromatic heterocycles. The number of fused-ring (bicyclic) bond motifs is 2. The van der Waals surface area contributed by atoms with Gasteiger partial charge in [-0.1, -0.05) is 24.3 Å². The number of aromatic nitrogens is 4. The van der Waals surface area contributed by atoms with E-state index in [1.165, 1.54) is 6.07 Å². The molecule has 198 valence electrons. The van der Waals surface area contributed by atoms with E-state index in [-0.39, 0.29) is 11.9 Å². The van der Waals surface area contributed by atoms with Crippen LogP contribution < -0.4 is 4.90 Å². The van der Waals surface area contributed by atoms with Gasteiger partial charge in [-0.05, 0) is 56.2 Å². The van der Waals surface area contributed by atoms with Crippen molar-refractivity contribution in [3.05, 3.63) is 79.1 Å². The normalized spacial score (nSPS) is 14.3. The second kappa shape index (κ2) is 9.65. The van der Waals surface area contributed by atoms with Gasteiger partial charge in [0.1, 0.15) is 11.4 Å². The van der Waals surface area contributed by atoms with E-state index < -0.39 is 5.60 Å². The molecule has 0 spiro atoms. The van der Waals surface area contributed by atoms with Crippen LogP contribution in [0, 0.1) is 5.82 Å². The third kappa shape index (κ3) is 4.87. The van der Waals surface area contributed by atoms with E-state index in [0.29, 0.717) is 37.4 Å². The molecule has 1 aliphatic heterocycles. The van der Waals surface area contributed by atoms with E-state index in [1.54, 1.807) is 34.1 Å². The van der Waals surface area contributed by atoms with Crippen LogP contribution in [0.4, 0.5) is 14.9 Å². The van der Waals surface area contributed by atoms with Crippen LogP contribution in [0.2, 0.25) is 0 Å². The number of anilines is 1. The summed E-state index contributed by atoms with van der Waals surface area (Å²) >= 11 is 0. The zero-order valence-corrected chi connectivity index (χ0v) is 22.1. The van der Waals surface area contributed by atoms with E-state index in [4.69, 9.17) is 9.72 Å². The second-order valence-corrected chi connectivity index (χ2v) is 10.7. The summed E-state index contributed by atoms with van der Waals surface area (Å²) in [5, 5.41) is 5.57. The molecule has 0 unspecified atom stereocenters. The summed E-state index contributed by atoms with van der Waals surface area (Å²) in [7, 11) is 0. The van der Waals surface area contributed by atoms with Gasteiger partial charge in [0.05, 0.1) is 17.4 Å². The van der Waals surface area contributed by atoms with E-state index in [2.05, 4.69) is 10.1 Å². The Morgan fingerprint density at radius 1 is 0.923 bits per heavy atom. The zero-order chi connectivity index (χ0) is 27.1. The first kappa shape index (κ1) is 24.8. The summed E-state index contributed by atoms with van der Waals surface area (Å²) in [6.45, 7) is 7.56. The number of amides is 1. The topological polar surface area (TPSA) is 75.9 Å². The number of benzene rings is 2. The molecule has 4 heterocycles. The predicted octanol–water partition coefficient (Wildman–Crippen LogP) is 5.81. The average molecular weight is 525 g/mol. The molecule has 0 radical (unpaired) electrons. The molecule has 2 aromatic carbocycles. The molecule has 5 aromatic rings. The number of hydrogen-bond acceptors (Lipinski definition) is 6. The molecule has 6 rings (SSSR count). The summed E-state index contributed by atoms with van der Waals surface area (Å²) in [6, 6.07) is 15.2. The molecule has 1 aliphatic rings. The number of rotatable bonds is 3. The maximum absolute atomic E-state index is 15.3. The number of pyridine rings is 1. The Kier molecular flexibility index (Phi) is 6.13. The van der Waals surface area contributed by atoms with E-state index in [0.717, 1.165) is 33.2 Å². The first-order chi connectivity index (χ1) is 18.8. The predicted molar refractivity (Wildman–Crippen MR) is 149 cm³/mol. The summed E-state index contributed by atoms with van der Waals surface area (Å²) in [5.74, 6) is -0.317. The summed E-state index contributed by atoms with van der Waals surface area (Å²) in [5.41, 5.74) is 5.00. The van der Waals surface area contributed by atoms with Crippen molar-refractivity contribution in [3.63, 3.8) is 0 Å². The number of hydrogen-bond donors (Lipinski definition) is 0. The van der Waals surface area contributed by atoms with Crippen molar-refractivity contribution in [3.8, 4) is 22.3 Å². The minimum Gasteiger partial charge on any atom is -0.444 e. The Bertz CT molecular complexity index is 1680. The molecule has 0 bridgehead atoms. The molecule has 39 heavy (non-hydrogen) atoms. The van der Waals surface area contributed by atoms with Gasteiger partial charge in [0.15, 0.2) is 5.65 Å². The minimum absolute atomic E-state index is 0.317. The monoisotopic (exact) mass is 524 g/mol. The van der Waals surface area contributed by atoms with Crippen molar-refractivity contribution in [1.82, 2.24) is 24.5 Å². The highest BCUT2D eigenvalue weighted by atomic mass is 19.1. The van der Waals surface area contributed by atoms with E-state index in [1.807, 2.05) is 68.3 Å². The molecular weight excluding hydrogens is 495 g/mol. The lowest BCUT2D eigenvalue weighted by Gasteiger charge is -2.36. The first-order valence-corrected chi connectivity index (χ1v) is 13.0. The standard InChI is InChI=1S/C30H29FN6O2/c1-30(2,3)39-29(38)36-14-12-35(13-15-36)27-10-9-20(16-25(27)31)21-17-33-28-24(18-34-37(28)19-21)22-6-4-8-26-23(22)7-5-11-32-26/h4-11,16-19H,12-15H2,1-3H3. The average Bonchev–Trinajstić information content (AvgIpc) is 3.35. The van der Waals surface area contributed by atoms with Gasteiger partial charge in [-0.15, -0.1) is 0 Å². The van der Waals surface area contributed by atoms with Crippen LogP contribution in [0.25, 0.3) is 38.8 Å². The summed E-state index contributed by atoms with van der Waals surface area (Å²) in [4.78, 5) is 25.1. The molecule has 0 saturated carbocycles.